The van der Waals surface area contributed by atoms with Crippen LogP contribution >= 0.6 is 22.6 Å². The molecule has 5 heteroatoms. The van der Waals surface area contributed by atoms with E-state index in [1.165, 1.54) is 5.56 Å². The Bertz CT molecular complexity index is 407. The Hall–Kier alpha value is -0.820. The molecule has 1 saturated heterocycles. The molecule has 0 saturated carbocycles. The van der Waals surface area contributed by atoms with E-state index < -0.39 is 0 Å². The number of amides is 1. The van der Waals surface area contributed by atoms with Crippen molar-refractivity contribution in [1.82, 2.24) is 0 Å². The van der Waals surface area contributed by atoms with Crippen LogP contribution in [0.3, 0.4) is 0 Å². The molecule has 1 heterocycles. The highest BCUT2D eigenvalue weighted by Gasteiger charge is 2.31. The number of anilines is 1. The van der Waals surface area contributed by atoms with Gasteiger partial charge in [0, 0.05) is 17.2 Å². The summed E-state index contributed by atoms with van der Waals surface area (Å²) in [5, 5.41) is 0. The van der Waals surface area contributed by atoms with Gasteiger partial charge in [-0.25, -0.2) is 4.79 Å². The quantitative estimate of drug-likeness (QED) is 0.598. The van der Waals surface area contributed by atoms with E-state index in [1.54, 1.807) is 12.0 Å². The highest BCUT2D eigenvalue weighted by molar-refractivity contribution is 14.1. The van der Waals surface area contributed by atoms with Gasteiger partial charge in [-0.3, -0.25) is 4.90 Å². The van der Waals surface area contributed by atoms with Crippen LogP contribution in [0.4, 0.5) is 10.5 Å². The molecule has 0 bridgehead atoms. The van der Waals surface area contributed by atoms with Crippen molar-refractivity contribution in [2.45, 2.75) is 12.5 Å². The molecule has 0 aliphatic carbocycles. The zero-order chi connectivity index (χ0) is 13.0. The monoisotopic (exact) mass is 361 g/mol. The molecular weight excluding hydrogens is 345 g/mol. The summed E-state index contributed by atoms with van der Waals surface area (Å²) in [4.78, 5) is 13.4. The van der Waals surface area contributed by atoms with Gasteiger partial charge in [0.25, 0.3) is 0 Å². The first-order valence-electron chi connectivity index (χ1n) is 5.86. The molecule has 18 heavy (non-hydrogen) atoms. The minimum atomic E-state index is -0.249. The van der Waals surface area contributed by atoms with Gasteiger partial charge in [-0.1, -0.05) is 34.7 Å². The van der Waals surface area contributed by atoms with Crippen molar-refractivity contribution < 1.29 is 14.3 Å². The Morgan fingerprint density at radius 1 is 1.44 bits per heavy atom. The molecular formula is C13H16INO3. The van der Waals surface area contributed by atoms with E-state index in [9.17, 15) is 4.79 Å². The molecule has 0 radical (unpaired) electrons. The fraction of sp³-hybridized carbons (Fsp3) is 0.462. The number of alkyl halides is 1. The molecule has 1 aliphatic heterocycles. The number of carbonyl (C=O) groups excluding carboxylic acids is 1. The Labute approximate surface area is 120 Å². The molecule has 0 aromatic heterocycles. The van der Waals surface area contributed by atoms with Crippen LogP contribution in [0.25, 0.3) is 0 Å². The highest BCUT2D eigenvalue weighted by atomic mass is 127. The van der Waals surface area contributed by atoms with Gasteiger partial charge in [0.1, 0.15) is 6.10 Å². The molecule has 4 nitrogen and oxygen atoms in total. The van der Waals surface area contributed by atoms with E-state index >= 15 is 0 Å². The predicted molar refractivity (Wildman–Crippen MR) is 78.5 cm³/mol. The van der Waals surface area contributed by atoms with Crippen LogP contribution < -0.4 is 4.90 Å². The summed E-state index contributed by atoms with van der Waals surface area (Å²) in [6.45, 7) is 1.35. The van der Waals surface area contributed by atoms with Crippen LogP contribution in [0.1, 0.15) is 5.56 Å². The molecule has 98 valence electrons. The minimum absolute atomic E-state index is 0.00580. The summed E-state index contributed by atoms with van der Waals surface area (Å²) in [6, 6.07) is 7.97. The highest BCUT2D eigenvalue weighted by Crippen LogP contribution is 2.22. The number of nitrogens with zero attached hydrogens (tertiary/aromatic N) is 1. The van der Waals surface area contributed by atoms with E-state index in [2.05, 4.69) is 22.6 Å². The standard InChI is InChI=1S/C13H16INO3/c1-17-7-6-10-2-4-11(5-3-10)15-9-12(8-14)18-13(15)16/h2-5,12H,6-9H2,1H3/t12-/m0/s1. The second-order valence-electron chi connectivity index (χ2n) is 4.18. The van der Waals surface area contributed by atoms with Gasteiger partial charge in [0.2, 0.25) is 0 Å². The summed E-state index contributed by atoms with van der Waals surface area (Å²) >= 11 is 2.23. The first-order chi connectivity index (χ1) is 8.74. The molecule has 0 spiro atoms. The van der Waals surface area contributed by atoms with Crippen LogP contribution in [-0.2, 0) is 15.9 Å². The number of halogens is 1. The van der Waals surface area contributed by atoms with E-state index in [4.69, 9.17) is 9.47 Å². The Morgan fingerprint density at radius 2 is 2.17 bits per heavy atom. The molecule has 1 aromatic rings. The van der Waals surface area contributed by atoms with Crippen LogP contribution in [0.2, 0.25) is 0 Å². The third-order valence-corrected chi connectivity index (χ3v) is 3.87. The van der Waals surface area contributed by atoms with Crippen molar-refractivity contribution in [3.8, 4) is 0 Å². The number of ether oxygens (including phenoxy) is 2. The maximum atomic E-state index is 11.7. The number of rotatable bonds is 5. The largest absolute Gasteiger partial charge is 0.443 e. The molecule has 1 atom stereocenters. The average Bonchev–Trinajstić information content (AvgIpc) is 2.78. The van der Waals surface area contributed by atoms with Crippen LogP contribution in [0.5, 0.6) is 0 Å². The molecule has 1 amide bonds. The minimum Gasteiger partial charge on any atom is -0.443 e. The first-order valence-corrected chi connectivity index (χ1v) is 7.39. The van der Waals surface area contributed by atoms with Gasteiger partial charge >= 0.3 is 6.09 Å². The van der Waals surface area contributed by atoms with Crippen molar-refractivity contribution in [3.63, 3.8) is 0 Å². The average molecular weight is 361 g/mol. The molecule has 1 fully saturated rings. The van der Waals surface area contributed by atoms with Gasteiger partial charge in [0.15, 0.2) is 0 Å². The lowest BCUT2D eigenvalue weighted by atomic mass is 10.1. The molecule has 2 rings (SSSR count). The summed E-state index contributed by atoms with van der Waals surface area (Å²) in [5.74, 6) is 0. The van der Waals surface area contributed by atoms with Crippen molar-refractivity contribution in [2.24, 2.45) is 0 Å². The SMILES string of the molecule is COCCc1ccc(N2C[C@H](CI)OC2=O)cc1. The van der Waals surface area contributed by atoms with Gasteiger partial charge in [-0.2, -0.15) is 0 Å². The van der Waals surface area contributed by atoms with E-state index in [0.717, 1.165) is 16.5 Å². The van der Waals surface area contributed by atoms with Crippen LogP contribution in [-0.4, -0.2) is 36.9 Å². The number of hydrogen-bond donors (Lipinski definition) is 0. The Balaban J connectivity index is 2.03. The van der Waals surface area contributed by atoms with Crippen molar-refractivity contribution in [1.29, 1.82) is 0 Å². The predicted octanol–water partition coefficient (Wildman–Crippen LogP) is 2.64. The zero-order valence-corrected chi connectivity index (χ0v) is 12.4. The summed E-state index contributed by atoms with van der Waals surface area (Å²) in [7, 11) is 1.69. The first kappa shape index (κ1) is 13.6. The topological polar surface area (TPSA) is 38.8 Å². The van der Waals surface area contributed by atoms with E-state index in [1.807, 2.05) is 24.3 Å². The van der Waals surface area contributed by atoms with Gasteiger partial charge < -0.3 is 9.47 Å². The lowest BCUT2D eigenvalue weighted by Crippen LogP contribution is -2.24. The summed E-state index contributed by atoms with van der Waals surface area (Å²) in [5.41, 5.74) is 2.10. The lowest BCUT2D eigenvalue weighted by molar-refractivity contribution is 0.152. The smallest absolute Gasteiger partial charge is 0.414 e. The number of cyclic esters (lactones) is 1. The lowest BCUT2D eigenvalue weighted by Gasteiger charge is -2.13. The number of carbonyl (C=O) groups is 1. The third kappa shape index (κ3) is 3.14. The van der Waals surface area contributed by atoms with E-state index in [0.29, 0.717) is 13.2 Å². The summed E-state index contributed by atoms with van der Waals surface area (Å²) in [6.07, 6.45) is 0.644. The fourth-order valence-electron chi connectivity index (χ4n) is 1.88. The third-order valence-electron chi connectivity index (χ3n) is 2.89. The maximum Gasteiger partial charge on any atom is 0.414 e. The number of hydrogen-bond acceptors (Lipinski definition) is 3. The number of methoxy groups -OCH3 is 1. The Morgan fingerprint density at radius 3 is 2.72 bits per heavy atom. The van der Waals surface area contributed by atoms with Gasteiger partial charge in [-0.05, 0) is 24.1 Å². The molecule has 1 aromatic carbocycles. The second kappa shape index (κ2) is 6.38. The van der Waals surface area contributed by atoms with Crippen molar-refractivity contribution >= 4 is 34.4 Å². The van der Waals surface area contributed by atoms with Gasteiger partial charge in [0.05, 0.1) is 13.2 Å². The molecule has 0 N–H and O–H groups in total. The van der Waals surface area contributed by atoms with Crippen LogP contribution in [0.15, 0.2) is 24.3 Å². The van der Waals surface area contributed by atoms with Crippen molar-refractivity contribution in [3.05, 3.63) is 29.8 Å². The maximum absolute atomic E-state index is 11.7. The fourth-order valence-corrected chi connectivity index (χ4v) is 2.33. The number of benzene rings is 1. The summed E-state index contributed by atoms with van der Waals surface area (Å²) < 4.78 is 11.1. The molecule has 1 aliphatic rings. The normalized spacial score (nSPS) is 19.1. The van der Waals surface area contributed by atoms with Crippen LogP contribution in [0, 0.1) is 0 Å². The van der Waals surface area contributed by atoms with E-state index in [-0.39, 0.29) is 12.2 Å². The van der Waals surface area contributed by atoms with Gasteiger partial charge in [-0.15, -0.1) is 0 Å². The Kier molecular flexibility index (Phi) is 4.82. The second-order valence-corrected chi connectivity index (χ2v) is 5.06. The zero-order valence-electron chi connectivity index (χ0n) is 10.3. The van der Waals surface area contributed by atoms with Crippen molar-refractivity contribution in [2.75, 3.05) is 29.6 Å². The molecule has 0 unspecified atom stereocenters.